The van der Waals surface area contributed by atoms with Crippen LogP contribution in [0, 0.1) is 5.82 Å². The summed E-state index contributed by atoms with van der Waals surface area (Å²) in [7, 11) is 3.63. The number of methoxy groups -OCH3 is 1. The fraction of sp³-hybridized carbons (Fsp3) is 0.500. The molecular formula is C12H17FN2O. The lowest BCUT2D eigenvalue weighted by molar-refractivity contribution is 0.0973. The second kappa shape index (κ2) is 4.03. The van der Waals surface area contributed by atoms with Crippen molar-refractivity contribution in [2.24, 2.45) is 5.73 Å². The van der Waals surface area contributed by atoms with Gasteiger partial charge in [-0.1, -0.05) is 0 Å². The number of likely N-dealkylation sites (tertiary alicyclic amines) is 1. The van der Waals surface area contributed by atoms with E-state index in [0.29, 0.717) is 6.54 Å². The lowest BCUT2D eigenvalue weighted by atomic mass is 9.73. The van der Waals surface area contributed by atoms with Crippen molar-refractivity contribution in [3.8, 4) is 5.75 Å². The van der Waals surface area contributed by atoms with Crippen molar-refractivity contribution >= 4 is 0 Å². The van der Waals surface area contributed by atoms with Crippen molar-refractivity contribution < 1.29 is 9.13 Å². The minimum absolute atomic E-state index is 0.151. The van der Waals surface area contributed by atoms with E-state index in [-0.39, 0.29) is 11.2 Å². The maximum Gasteiger partial charge on any atom is 0.123 e. The van der Waals surface area contributed by atoms with E-state index in [0.717, 1.165) is 24.4 Å². The van der Waals surface area contributed by atoms with E-state index in [1.807, 2.05) is 7.05 Å². The Morgan fingerprint density at radius 2 is 2.19 bits per heavy atom. The molecule has 1 aromatic carbocycles. The number of benzene rings is 1. The summed E-state index contributed by atoms with van der Waals surface area (Å²) in [5, 5.41) is 0. The highest BCUT2D eigenvalue weighted by Crippen LogP contribution is 2.38. The van der Waals surface area contributed by atoms with Crippen LogP contribution in [0.2, 0.25) is 0 Å². The summed E-state index contributed by atoms with van der Waals surface area (Å²) in [5.74, 6) is 0.484. The summed E-state index contributed by atoms with van der Waals surface area (Å²) in [6.45, 7) is 2.21. The average Bonchev–Trinajstić information content (AvgIpc) is 2.24. The first-order valence-electron chi connectivity index (χ1n) is 5.34. The molecule has 0 radical (unpaired) electrons. The van der Waals surface area contributed by atoms with Crippen LogP contribution in [0.15, 0.2) is 18.2 Å². The SMILES string of the molecule is COc1ccc(F)cc1C1(CN)CN(C)C1. The molecule has 1 fully saturated rings. The van der Waals surface area contributed by atoms with Gasteiger partial charge >= 0.3 is 0 Å². The molecule has 0 amide bonds. The first-order chi connectivity index (χ1) is 7.61. The van der Waals surface area contributed by atoms with E-state index in [2.05, 4.69) is 4.90 Å². The van der Waals surface area contributed by atoms with Gasteiger partial charge in [-0.3, -0.25) is 0 Å². The van der Waals surface area contributed by atoms with Gasteiger partial charge in [0.1, 0.15) is 11.6 Å². The highest BCUT2D eigenvalue weighted by Gasteiger charge is 2.43. The van der Waals surface area contributed by atoms with Gasteiger partial charge in [-0.2, -0.15) is 0 Å². The number of likely N-dealkylation sites (N-methyl/N-ethyl adjacent to an activating group) is 1. The molecule has 1 aromatic rings. The summed E-state index contributed by atoms with van der Waals surface area (Å²) < 4.78 is 18.6. The molecule has 0 saturated carbocycles. The Bertz CT molecular complexity index is 389. The molecule has 1 aliphatic rings. The number of nitrogens with two attached hydrogens (primary N) is 1. The van der Waals surface area contributed by atoms with E-state index in [9.17, 15) is 4.39 Å². The van der Waals surface area contributed by atoms with E-state index < -0.39 is 0 Å². The molecule has 0 spiro atoms. The molecule has 1 saturated heterocycles. The van der Waals surface area contributed by atoms with Gasteiger partial charge in [0, 0.05) is 30.6 Å². The van der Waals surface area contributed by atoms with Crippen LogP contribution in [0.3, 0.4) is 0 Å². The third-order valence-electron chi connectivity index (χ3n) is 3.27. The molecule has 0 bridgehead atoms. The number of halogens is 1. The Balaban J connectivity index is 2.41. The largest absolute Gasteiger partial charge is 0.496 e. The van der Waals surface area contributed by atoms with Gasteiger partial charge in [-0.05, 0) is 25.2 Å². The second-order valence-electron chi connectivity index (χ2n) is 4.50. The molecule has 16 heavy (non-hydrogen) atoms. The van der Waals surface area contributed by atoms with Crippen molar-refractivity contribution in [3.63, 3.8) is 0 Å². The Hall–Kier alpha value is -1.13. The minimum Gasteiger partial charge on any atom is -0.496 e. The van der Waals surface area contributed by atoms with Gasteiger partial charge in [-0.25, -0.2) is 4.39 Å². The van der Waals surface area contributed by atoms with Gasteiger partial charge in [-0.15, -0.1) is 0 Å². The van der Waals surface area contributed by atoms with E-state index in [1.54, 1.807) is 19.2 Å². The maximum atomic E-state index is 13.3. The number of hydrogen-bond acceptors (Lipinski definition) is 3. The summed E-state index contributed by atoms with van der Waals surface area (Å²) >= 11 is 0. The molecule has 0 aromatic heterocycles. The Kier molecular flexibility index (Phi) is 2.86. The van der Waals surface area contributed by atoms with Crippen LogP contribution in [-0.2, 0) is 5.41 Å². The van der Waals surface area contributed by atoms with Crippen LogP contribution in [-0.4, -0.2) is 38.7 Å². The molecule has 2 N–H and O–H groups in total. The Labute approximate surface area is 95.0 Å². The summed E-state index contributed by atoms with van der Waals surface area (Å²) in [6, 6.07) is 4.62. The predicted molar refractivity (Wildman–Crippen MR) is 61.2 cm³/mol. The van der Waals surface area contributed by atoms with E-state index in [4.69, 9.17) is 10.5 Å². The maximum absolute atomic E-state index is 13.3. The molecule has 3 nitrogen and oxygen atoms in total. The van der Waals surface area contributed by atoms with Crippen molar-refractivity contribution in [1.29, 1.82) is 0 Å². The summed E-state index contributed by atoms with van der Waals surface area (Å²) in [6.07, 6.45) is 0. The van der Waals surface area contributed by atoms with Gasteiger partial charge in [0.2, 0.25) is 0 Å². The zero-order chi connectivity index (χ0) is 11.8. The third-order valence-corrected chi connectivity index (χ3v) is 3.27. The van der Waals surface area contributed by atoms with Crippen molar-refractivity contribution in [2.45, 2.75) is 5.41 Å². The van der Waals surface area contributed by atoms with E-state index >= 15 is 0 Å². The molecule has 0 aliphatic carbocycles. The van der Waals surface area contributed by atoms with Crippen LogP contribution < -0.4 is 10.5 Å². The highest BCUT2D eigenvalue weighted by atomic mass is 19.1. The first-order valence-corrected chi connectivity index (χ1v) is 5.34. The number of hydrogen-bond donors (Lipinski definition) is 1. The molecule has 2 rings (SSSR count). The molecule has 0 unspecified atom stereocenters. The Morgan fingerprint density at radius 3 is 2.69 bits per heavy atom. The van der Waals surface area contributed by atoms with Gasteiger partial charge in [0.25, 0.3) is 0 Å². The van der Waals surface area contributed by atoms with Crippen molar-refractivity contribution in [2.75, 3.05) is 33.8 Å². The summed E-state index contributed by atoms with van der Waals surface area (Å²) in [4.78, 5) is 2.16. The van der Waals surface area contributed by atoms with Crippen LogP contribution in [0.1, 0.15) is 5.56 Å². The topological polar surface area (TPSA) is 38.5 Å². The molecule has 88 valence electrons. The first kappa shape index (κ1) is 11.4. The standard InChI is InChI=1S/C12H17FN2O/c1-15-7-12(6-14,8-15)10-5-9(13)3-4-11(10)16-2/h3-5H,6-8,14H2,1-2H3. The lowest BCUT2D eigenvalue weighted by Gasteiger charge is -2.48. The smallest absolute Gasteiger partial charge is 0.123 e. The quantitative estimate of drug-likeness (QED) is 0.831. The zero-order valence-electron chi connectivity index (χ0n) is 9.66. The number of nitrogens with zero attached hydrogens (tertiary/aromatic N) is 1. The van der Waals surface area contributed by atoms with Gasteiger partial charge in [0.15, 0.2) is 0 Å². The fourth-order valence-corrected chi connectivity index (χ4v) is 2.49. The van der Waals surface area contributed by atoms with E-state index in [1.165, 1.54) is 6.07 Å². The molecule has 1 aliphatic heterocycles. The van der Waals surface area contributed by atoms with Crippen molar-refractivity contribution in [1.82, 2.24) is 4.90 Å². The minimum atomic E-state index is -0.238. The number of rotatable bonds is 3. The number of ether oxygens (including phenoxy) is 1. The highest BCUT2D eigenvalue weighted by molar-refractivity contribution is 5.43. The monoisotopic (exact) mass is 224 g/mol. The average molecular weight is 224 g/mol. The van der Waals surface area contributed by atoms with Crippen LogP contribution in [0.25, 0.3) is 0 Å². The Morgan fingerprint density at radius 1 is 1.50 bits per heavy atom. The van der Waals surface area contributed by atoms with Crippen LogP contribution >= 0.6 is 0 Å². The molecule has 0 atom stereocenters. The van der Waals surface area contributed by atoms with Gasteiger partial charge in [0.05, 0.1) is 7.11 Å². The fourth-order valence-electron chi connectivity index (χ4n) is 2.49. The zero-order valence-corrected chi connectivity index (χ0v) is 9.66. The van der Waals surface area contributed by atoms with Gasteiger partial charge < -0.3 is 15.4 Å². The lowest BCUT2D eigenvalue weighted by Crippen LogP contribution is -2.61. The normalized spacial score (nSPS) is 19.2. The van der Waals surface area contributed by atoms with Crippen LogP contribution in [0.4, 0.5) is 4.39 Å². The molecule has 4 heteroatoms. The predicted octanol–water partition coefficient (Wildman–Crippen LogP) is 0.976. The molecule has 1 heterocycles. The third kappa shape index (κ3) is 1.68. The second-order valence-corrected chi connectivity index (χ2v) is 4.50. The summed E-state index contributed by atoms with van der Waals surface area (Å²) in [5.41, 5.74) is 6.57. The van der Waals surface area contributed by atoms with Crippen molar-refractivity contribution in [3.05, 3.63) is 29.6 Å². The molecular weight excluding hydrogens is 207 g/mol. The van der Waals surface area contributed by atoms with Crippen LogP contribution in [0.5, 0.6) is 5.75 Å².